The molecule has 0 unspecified atom stereocenters. The second-order valence-corrected chi connectivity index (χ2v) is 2.06. The van der Waals surface area contributed by atoms with Crippen molar-refractivity contribution in [3.63, 3.8) is 0 Å². The highest BCUT2D eigenvalue weighted by molar-refractivity contribution is 5.58. The lowest BCUT2D eigenvalue weighted by Gasteiger charge is -2.02. The van der Waals surface area contributed by atoms with Crippen LogP contribution in [0.5, 0.6) is 0 Å². The molecule has 0 atom stereocenters. The van der Waals surface area contributed by atoms with Crippen molar-refractivity contribution < 1.29 is 14.6 Å². The first-order valence-corrected chi connectivity index (χ1v) is 3.15. The second-order valence-electron chi connectivity index (χ2n) is 2.06. The van der Waals surface area contributed by atoms with Crippen LogP contribution in [0.4, 0.5) is 4.79 Å². The summed E-state index contributed by atoms with van der Waals surface area (Å²) in [6, 6.07) is 0. The predicted molar refractivity (Wildman–Crippen MR) is 37.8 cm³/mol. The molecule has 3 heteroatoms. The summed E-state index contributed by atoms with van der Waals surface area (Å²) in [7, 11) is 0. The Morgan fingerprint density at radius 3 is 2.30 bits per heavy atom. The molecule has 1 N–H and O–H groups in total. The minimum atomic E-state index is -1.25. The molecule has 0 saturated heterocycles. The van der Waals surface area contributed by atoms with Gasteiger partial charge in [-0.1, -0.05) is 6.92 Å². The zero-order valence-corrected chi connectivity index (χ0v) is 6.47. The van der Waals surface area contributed by atoms with Crippen LogP contribution < -0.4 is 0 Å². The molecule has 0 rings (SSSR count). The Balaban J connectivity index is 4.04. The van der Waals surface area contributed by atoms with Crippen LogP contribution >= 0.6 is 0 Å². The van der Waals surface area contributed by atoms with Gasteiger partial charge in [0.25, 0.3) is 0 Å². The SMILES string of the molecule is CCC(C)=C(C)OC(=O)O. The molecule has 10 heavy (non-hydrogen) atoms. The van der Waals surface area contributed by atoms with E-state index >= 15 is 0 Å². The molecule has 0 spiro atoms. The summed E-state index contributed by atoms with van der Waals surface area (Å²) in [5, 5.41) is 8.17. The van der Waals surface area contributed by atoms with Gasteiger partial charge in [-0.2, -0.15) is 0 Å². The number of hydrogen-bond donors (Lipinski definition) is 1. The summed E-state index contributed by atoms with van der Waals surface area (Å²) < 4.78 is 4.40. The molecule has 0 aliphatic heterocycles. The van der Waals surface area contributed by atoms with E-state index in [1.807, 2.05) is 13.8 Å². The van der Waals surface area contributed by atoms with Crippen LogP contribution in [0, 0.1) is 0 Å². The Hall–Kier alpha value is -0.990. The Kier molecular flexibility index (Phi) is 3.54. The molecule has 0 aromatic rings. The van der Waals surface area contributed by atoms with Crippen LogP contribution in [0.15, 0.2) is 11.3 Å². The van der Waals surface area contributed by atoms with Crippen molar-refractivity contribution in [2.45, 2.75) is 27.2 Å². The molecule has 0 saturated carbocycles. The van der Waals surface area contributed by atoms with Gasteiger partial charge in [0.1, 0.15) is 5.76 Å². The van der Waals surface area contributed by atoms with Crippen LogP contribution in [0.3, 0.4) is 0 Å². The molecule has 58 valence electrons. The van der Waals surface area contributed by atoms with Gasteiger partial charge in [0.15, 0.2) is 0 Å². The van der Waals surface area contributed by atoms with Gasteiger partial charge in [-0.05, 0) is 25.8 Å². The topological polar surface area (TPSA) is 46.5 Å². The first kappa shape index (κ1) is 9.01. The van der Waals surface area contributed by atoms with E-state index in [2.05, 4.69) is 4.74 Å². The zero-order valence-electron chi connectivity index (χ0n) is 6.47. The number of carboxylic acid groups (broad SMARTS) is 1. The minimum Gasteiger partial charge on any atom is -0.449 e. The molecule has 0 bridgehead atoms. The van der Waals surface area contributed by atoms with E-state index in [-0.39, 0.29) is 0 Å². The van der Waals surface area contributed by atoms with Gasteiger partial charge < -0.3 is 9.84 Å². The maximum atomic E-state index is 9.97. The molecule has 0 aromatic carbocycles. The molecular weight excluding hydrogens is 132 g/mol. The van der Waals surface area contributed by atoms with E-state index in [1.54, 1.807) is 6.92 Å². The van der Waals surface area contributed by atoms with E-state index in [0.29, 0.717) is 5.76 Å². The van der Waals surface area contributed by atoms with Crippen molar-refractivity contribution in [3.05, 3.63) is 11.3 Å². The number of rotatable bonds is 2. The number of hydrogen-bond acceptors (Lipinski definition) is 2. The summed E-state index contributed by atoms with van der Waals surface area (Å²) in [5.41, 5.74) is 0.961. The van der Waals surface area contributed by atoms with Gasteiger partial charge in [0.2, 0.25) is 0 Å². The number of carbonyl (C=O) groups is 1. The third-order valence-corrected chi connectivity index (χ3v) is 1.37. The largest absolute Gasteiger partial charge is 0.511 e. The maximum Gasteiger partial charge on any atom is 0.511 e. The molecule has 0 heterocycles. The minimum absolute atomic E-state index is 0.481. The van der Waals surface area contributed by atoms with Gasteiger partial charge in [-0.15, -0.1) is 0 Å². The van der Waals surface area contributed by atoms with Gasteiger partial charge in [0.05, 0.1) is 0 Å². The Labute approximate surface area is 60.3 Å². The summed E-state index contributed by atoms with van der Waals surface area (Å²) in [5.74, 6) is 0.481. The van der Waals surface area contributed by atoms with Crippen molar-refractivity contribution in [1.82, 2.24) is 0 Å². The highest BCUT2D eigenvalue weighted by Gasteiger charge is 2.00. The van der Waals surface area contributed by atoms with Crippen molar-refractivity contribution >= 4 is 6.16 Å². The van der Waals surface area contributed by atoms with E-state index < -0.39 is 6.16 Å². The fourth-order valence-electron chi connectivity index (χ4n) is 0.467. The van der Waals surface area contributed by atoms with Crippen LogP contribution in [0.2, 0.25) is 0 Å². The molecule has 0 aromatic heterocycles. The monoisotopic (exact) mass is 144 g/mol. The number of ether oxygens (including phenoxy) is 1. The van der Waals surface area contributed by atoms with Gasteiger partial charge >= 0.3 is 6.16 Å². The van der Waals surface area contributed by atoms with Crippen molar-refractivity contribution in [2.24, 2.45) is 0 Å². The van der Waals surface area contributed by atoms with Crippen molar-refractivity contribution in [2.75, 3.05) is 0 Å². The molecule has 0 aliphatic carbocycles. The normalized spacial score (nSPS) is 12.3. The molecule has 3 nitrogen and oxygen atoms in total. The van der Waals surface area contributed by atoms with Crippen LogP contribution in [-0.2, 0) is 4.74 Å². The first-order valence-electron chi connectivity index (χ1n) is 3.15. The lowest BCUT2D eigenvalue weighted by atomic mass is 10.2. The van der Waals surface area contributed by atoms with E-state index in [0.717, 1.165) is 12.0 Å². The molecule has 0 amide bonds. The Morgan fingerprint density at radius 2 is 2.00 bits per heavy atom. The fourth-order valence-corrected chi connectivity index (χ4v) is 0.467. The van der Waals surface area contributed by atoms with E-state index in [9.17, 15) is 4.79 Å². The summed E-state index contributed by atoms with van der Waals surface area (Å²) in [4.78, 5) is 9.97. The van der Waals surface area contributed by atoms with Gasteiger partial charge in [0, 0.05) is 0 Å². The lowest BCUT2D eigenvalue weighted by Crippen LogP contribution is -1.99. The fraction of sp³-hybridized carbons (Fsp3) is 0.571. The highest BCUT2D eigenvalue weighted by Crippen LogP contribution is 2.07. The number of allylic oxidation sites excluding steroid dienone is 2. The van der Waals surface area contributed by atoms with Crippen LogP contribution in [0.25, 0.3) is 0 Å². The zero-order chi connectivity index (χ0) is 8.15. The summed E-state index contributed by atoms with van der Waals surface area (Å²) in [6.45, 7) is 5.44. The summed E-state index contributed by atoms with van der Waals surface area (Å²) in [6.07, 6.45) is -0.427. The smallest absolute Gasteiger partial charge is 0.449 e. The van der Waals surface area contributed by atoms with Crippen LogP contribution in [0.1, 0.15) is 27.2 Å². The van der Waals surface area contributed by atoms with Crippen molar-refractivity contribution in [3.8, 4) is 0 Å². The van der Waals surface area contributed by atoms with Crippen LogP contribution in [-0.4, -0.2) is 11.3 Å². The third kappa shape index (κ3) is 3.12. The second kappa shape index (κ2) is 3.93. The van der Waals surface area contributed by atoms with E-state index in [1.165, 1.54) is 0 Å². The first-order chi connectivity index (χ1) is 4.57. The highest BCUT2D eigenvalue weighted by atomic mass is 16.7. The predicted octanol–water partition coefficient (Wildman–Crippen LogP) is 2.38. The molecule has 0 radical (unpaired) electrons. The molecular formula is C7H12O3. The Morgan fingerprint density at radius 1 is 1.50 bits per heavy atom. The molecule has 0 aliphatic rings. The van der Waals surface area contributed by atoms with Gasteiger partial charge in [-0.25, -0.2) is 4.79 Å². The van der Waals surface area contributed by atoms with E-state index in [4.69, 9.17) is 5.11 Å². The lowest BCUT2D eigenvalue weighted by molar-refractivity contribution is 0.118. The average Bonchev–Trinajstić information content (AvgIpc) is 1.85. The maximum absolute atomic E-state index is 9.97. The van der Waals surface area contributed by atoms with Gasteiger partial charge in [-0.3, -0.25) is 0 Å². The summed E-state index contributed by atoms with van der Waals surface area (Å²) >= 11 is 0. The van der Waals surface area contributed by atoms with Crippen molar-refractivity contribution in [1.29, 1.82) is 0 Å². The quantitative estimate of drug-likeness (QED) is 0.478. The molecule has 0 fully saturated rings. The standard InChI is InChI=1S/C7H12O3/c1-4-5(2)6(3)10-7(8)9/h4H2,1-3H3,(H,8,9). The third-order valence-electron chi connectivity index (χ3n) is 1.37. The average molecular weight is 144 g/mol. The Bertz CT molecular complexity index is 158.